The summed E-state index contributed by atoms with van der Waals surface area (Å²) in [7, 11) is 0. The van der Waals surface area contributed by atoms with E-state index in [0.717, 1.165) is 16.8 Å². The fraction of sp³-hybridized carbons (Fsp3) is 0.250. The van der Waals surface area contributed by atoms with Crippen molar-refractivity contribution >= 4 is 51.8 Å². The lowest BCUT2D eigenvalue weighted by atomic mass is 10.1. The lowest BCUT2D eigenvalue weighted by molar-refractivity contribution is 0.888. The first kappa shape index (κ1) is 13.9. The van der Waals surface area contributed by atoms with Crippen LogP contribution in [0.4, 0.5) is 5.69 Å². The third kappa shape index (κ3) is 3.09. The Balaban J connectivity index is 2.23. The molecule has 0 bridgehead atoms. The quantitative estimate of drug-likeness (QED) is 0.746. The van der Waals surface area contributed by atoms with Gasteiger partial charge in [0.2, 0.25) is 0 Å². The van der Waals surface area contributed by atoms with Gasteiger partial charge in [0.15, 0.2) is 5.15 Å². The summed E-state index contributed by atoms with van der Waals surface area (Å²) in [5.41, 5.74) is 2.80. The first-order valence-corrected chi connectivity index (χ1v) is 7.26. The molecular weight excluding hydrogens is 311 g/mol. The number of aryl methyl sites for hydroxylation is 1. The van der Waals surface area contributed by atoms with Gasteiger partial charge in [-0.2, -0.15) is 0 Å². The van der Waals surface area contributed by atoms with Crippen molar-refractivity contribution in [2.24, 2.45) is 0 Å². The summed E-state index contributed by atoms with van der Waals surface area (Å²) >= 11 is 19.5. The first-order chi connectivity index (χ1) is 8.47. The van der Waals surface area contributed by atoms with E-state index in [1.165, 1.54) is 11.3 Å². The van der Waals surface area contributed by atoms with Crippen molar-refractivity contribution in [3.05, 3.63) is 43.3 Å². The summed E-state index contributed by atoms with van der Waals surface area (Å²) in [6, 6.07) is 3.83. The van der Waals surface area contributed by atoms with Crippen LogP contribution in [0, 0.1) is 6.92 Å². The molecule has 6 heteroatoms. The van der Waals surface area contributed by atoms with Crippen molar-refractivity contribution in [3.63, 3.8) is 0 Å². The minimum atomic E-state index is 0.0161. The van der Waals surface area contributed by atoms with Gasteiger partial charge >= 0.3 is 0 Å². The van der Waals surface area contributed by atoms with E-state index >= 15 is 0 Å². The molecule has 2 heterocycles. The predicted octanol–water partition coefficient (Wildman–Crippen LogP) is 5.58. The highest BCUT2D eigenvalue weighted by atomic mass is 35.5. The molecule has 1 N–H and O–H groups in total. The fourth-order valence-electron chi connectivity index (χ4n) is 1.61. The molecule has 18 heavy (non-hydrogen) atoms. The zero-order valence-electron chi connectivity index (χ0n) is 9.80. The highest BCUT2D eigenvalue weighted by Crippen LogP contribution is 2.36. The number of halogens is 3. The molecule has 0 fully saturated rings. The number of thiophene rings is 1. The number of nitrogens with zero attached hydrogens (tertiary/aromatic N) is 1. The monoisotopic (exact) mass is 320 g/mol. The summed E-state index contributed by atoms with van der Waals surface area (Å²) in [5, 5.41) is 3.74. The number of pyridine rings is 1. The lowest BCUT2D eigenvalue weighted by Gasteiger charge is -2.15. The molecule has 0 aliphatic carbocycles. The van der Waals surface area contributed by atoms with E-state index in [2.05, 4.69) is 10.3 Å². The maximum atomic E-state index is 6.12. The SMILES string of the molecule is Cc1cnc(Cl)c(NC(C)c2cc(Cl)sc2Cl)c1. The van der Waals surface area contributed by atoms with Crippen LogP contribution < -0.4 is 5.32 Å². The summed E-state index contributed by atoms with van der Waals surface area (Å²) < 4.78 is 1.37. The Labute approximate surface area is 125 Å². The highest BCUT2D eigenvalue weighted by molar-refractivity contribution is 7.20. The zero-order chi connectivity index (χ0) is 13.3. The standard InChI is InChI=1S/C12H11Cl3N2S/c1-6-3-9(11(14)16-5-6)17-7(2)8-4-10(13)18-12(8)15/h3-5,7,17H,1-2H3. The van der Waals surface area contributed by atoms with Crippen LogP contribution in [0.1, 0.15) is 24.1 Å². The third-order valence-electron chi connectivity index (χ3n) is 2.50. The molecule has 0 saturated heterocycles. The number of rotatable bonds is 3. The molecule has 1 atom stereocenters. The average molecular weight is 322 g/mol. The molecular formula is C12H11Cl3N2S. The fourth-order valence-corrected chi connectivity index (χ4v) is 3.42. The summed E-state index contributed by atoms with van der Waals surface area (Å²) in [6.07, 6.45) is 1.73. The van der Waals surface area contributed by atoms with E-state index in [4.69, 9.17) is 34.8 Å². The number of hydrogen-bond donors (Lipinski definition) is 1. The van der Waals surface area contributed by atoms with Crippen LogP contribution in [-0.4, -0.2) is 4.98 Å². The van der Waals surface area contributed by atoms with Crippen molar-refractivity contribution in [2.75, 3.05) is 5.32 Å². The topological polar surface area (TPSA) is 24.9 Å². The van der Waals surface area contributed by atoms with Gasteiger partial charge in [0.1, 0.15) is 0 Å². The average Bonchev–Trinajstić information content (AvgIpc) is 2.63. The van der Waals surface area contributed by atoms with Gasteiger partial charge < -0.3 is 5.32 Å². The van der Waals surface area contributed by atoms with Crippen LogP contribution in [0.15, 0.2) is 18.3 Å². The van der Waals surface area contributed by atoms with Gasteiger partial charge in [-0.1, -0.05) is 34.8 Å². The van der Waals surface area contributed by atoms with E-state index in [0.29, 0.717) is 13.8 Å². The second kappa shape index (κ2) is 5.66. The van der Waals surface area contributed by atoms with Gasteiger partial charge in [0, 0.05) is 11.8 Å². The molecule has 0 aliphatic heterocycles. The molecule has 0 amide bonds. The van der Waals surface area contributed by atoms with E-state index < -0.39 is 0 Å². The first-order valence-electron chi connectivity index (χ1n) is 5.31. The molecule has 2 rings (SSSR count). The van der Waals surface area contributed by atoms with Gasteiger partial charge in [-0.05, 0) is 31.5 Å². The maximum absolute atomic E-state index is 6.12. The molecule has 2 aromatic rings. The molecule has 1 unspecified atom stereocenters. The molecule has 96 valence electrons. The Morgan fingerprint density at radius 2 is 2.00 bits per heavy atom. The summed E-state index contributed by atoms with van der Waals surface area (Å²) in [4.78, 5) is 4.10. The Kier molecular flexibility index (Phi) is 4.38. The smallest absolute Gasteiger partial charge is 0.152 e. The van der Waals surface area contributed by atoms with E-state index in [-0.39, 0.29) is 6.04 Å². The highest BCUT2D eigenvalue weighted by Gasteiger charge is 2.14. The summed E-state index contributed by atoms with van der Waals surface area (Å²) in [6.45, 7) is 3.97. The van der Waals surface area contributed by atoms with E-state index in [9.17, 15) is 0 Å². The Hall–Kier alpha value is -0.480. The molecule has 0 spiro atoms. The second-order valence-corrected chi connectivity index (χ2v) is 6.64. The molecule has 0 radical (unpaired) electrons. The van der Waals surface area contributed by atoms with Crippen molar-refractivity contribution in [2.45, 2.75) is 19.9 Å². The normalized spacial score (nSPS) is 12.5. The number of hydrogen-bond acceptors (Lipinski definition) is 3. The predicted molar refractivity (Wildman–Crippen MR) is 80.4 cm³/mol. The van der Waals surface area contributed by atoms with Crippen molar-refractivity contribution in [1.82, 2.24) is 4.98 Å². The van der Waals surface area contributed by atoms with Crippen LogP contribution in [0.3, 0.4) is 0 Å². The van der Waals surface area contributed by atoms with Crippen molar-refractivity contribution in [1.29, 1.82) is 0 Å². The van der Waals surface area contributed by atoms with Crippen LogP contribution in [0.5, 0.6) is 0 Å². The second-order valence-electron chi connectivity index (χ2n) is 4.00. The van der Waals surface area contributed by atoms with Gasteiger partial charge in [-0.3, -0.25) is 0 Å². The maximum Gasteiger partial charge on any atom is 0.152 e. The number of nitrogens with one attached hydrogen (secondary N) is 1. The molecule has 0 aliphatic rings. The molecule has 0 aromatic carbocycles. The van der Waals surface area contributed by atoms with Crippen molar-refractivity contribution < 1.29 is 0 Å². The Morgan fingerprint density at radius 1 is 1.28 bits per heavy atom. The van der Waals surface area contributed by atoms with Crippen LogP contribution in [0.25, 0.3) is 0 Å². The van der Waals surface area contributed by atoms with Crippen molar-refractivity contribution in [3.8, 4) is 0 Å². The van der Waals surface area contributed by atoms with Crippen LogP contribution in [-0.2, 0) is 0 Å². The van der Waals surface area contributed by atoms with Gasteiger partial charge in [-0.15, -0.1) is 11.3 Å². The van der Waals surface area contributed by atoms with E-state index in [1.807, 2.05) is 26.0 Å². The Bertz CT molecular complexity index is 568. The van der Waals surface area contributed by atoms with Crippen LogP contribution >= 0.6 is 46.1 Å². The lowest BCUT2D eigenvalue weighted by Crippen LogP contribution is -2.07. The summed E-state index contributed by atoms with van der Waals surface area (Å²) in [5.74, 6) is 0. The molecule has 2 nitrogen and oxygen atoms in total. The van der Waals surface area contributed by atoms with Gasteiger partial charge in [-0.25, -0.2) is 4.98 Å². The van der Waals surface area contributed by atoms with Gasteiger partial charge in [0.05, 0.1) is 20.4 Å². The minimum absolute atomic E-state index is 0.0161. The number of aromatic nitrogens is 1. The van der Waals surface area contributed by atoms with E-state index in [1.54, 1.807) is 6.20 Å². The number of anilines is 1. The molecule has 2 aromatic heterocycles. The third-order valence-corrected chi connectivity index (χ3v) is 4.32. The zero-order valence-corrected chi connectivity index (χ0v) is 12.9. The largest absolute Gasteiger partial charge is 0.376 e. The van der Waals surface area contributed by atoms with Crippen LogP contribution in [0.2, 0.25) is 13.8 Å². The Morgan fingerprint density at radius 3 is 2.61 bits per heavy atom. The van der Waals surface area contributed by atoms with Gasteiger partial charge in [0.25, 0.3) is 0 Å². The minimum Gasteiger partial charge on any atom is -0.376 e. The molecule has 0 saturated carbocycles.